The van der Waals surface area contributed by atoms with Gasteiger partial charge in [0.1, 0.15) is 0 Å². The molecule has 2 heterocycles. The van der Waals surface area contributed by atoms with Crippen LogP contribution in [-0.4, -0.2) is 29.3 Å². The lowest BCUT2D eigenvalue weighted by atomic mass is 10.1. The molecular weight excluding hydrogens is 269 g/mol. The summed E-state index contributed by atoms with van der Waals surface area (Å²) in [5.74, 6) is 0.205. The van der Waals surface area contributed by atoms with Gasteiger partial charge in [-0.15, -0.1) is 10.2 Å². The number of aromatic nitrogens is 2. The summed E-state index contributed by atoms with van der Waals surface area (Å²) in [6.07, 6.45) is -2.78. The Hall–Kier alpha value is -1.08. The molecule has 1 aliphatic heterocycles. The van der Waals surface area contributed by atoms with E-state index in [-0.39, 0.29) is 16.9 Å². The van der Waals surface area contributed by atoms with Crippen molar-refractivity contribution < 1.29 is 13.2 Å². The molecule has 18 heavy (non-hydrogen) atoms. The Morgan fingerprint density at radius 3 is 2.50 bits per heavy atom. The normalized spacial score (nSPS) is 17.8. The Labute approximate surface area is 107 Å². The van der Waals surface area contributed by atoms with Crippen LogP contribution in [0.3, 0.4) is 0 Å². The van der Waals surface area contributed by atoms with Gasteiger partial charge < -0.3 is 10.6 Å². The highest BCUT2D eigenvalue weighted by atomic mass is 35.5. The van der Waals surface area contributed by atoms with Crippen molar-refractivity contribution >= 4 is 17.4 Å². The first-order valence-corrected chi connectivity index (χ1v) is 5.92. The van der Waals surface area contributed by atoms with Crippen molar-refractivity contribution in [1.82, 2.24) is 15.5 Å². The number of halogens is 4. The molecule has 1 saturated heterocycles. The third-order valence-corrected chi connectivity index (χ3v) is 3.01. The van der Waals surface area contributed by atoms with Crippen LogP contribution in [0.5, 0.6) is 0 Å². The molecule has 0 radical (unpaired) electrons. The Balaban J connectivity index is 2.09. The first-order valence-electron chi connectivity index (χ1n) is 5.54. The minimum Gasteiger partial charge on any atom is -0.365 e. The lowest BCUT2D eigenvalue weighted by Crippen LogP contribution is -2.35. The molecular formula is C10H12ClF3N4. The van der Waals surface area contributed by atoms with E-state index in [4.69, 9.17) is 11.6 Å². The minimum absolute atomic E-state index is 0.0594. The average Bonchev–Trinajstić information content (AvgIpc) is 2.32. The number of nitrogens with one attached hydrogen (secondary N) is 2. The van der Waals surface area contributed by atoms with Gasteiger partial charge in [0.2, 0.25) is 0 Å². The van der Waals surface area contributed by atoms with Crippen LogP contribution in [0.25, 0.3) is 0 Å². The second kappa shape index (κ2) is 5.27. The highest BCUT2D eigenvalue weighted by Crippen LogP contribution is 2.31. The number of hydrogen-bond acceptors (Lipinski definition) is 4. The second-order valence-corrected chi connectivity index (χ2v) is 4.50. The summed E-state index contributed by atoms with van der Waals surface area (Å²) in [4.78, 5) is 0. The van der Waals surface area contributed by atoms with Crippen molar-refractivity contribution in [2.24, 2.45) is 0 Å². The highest BCUT2D eigenvalue weighted by molar-refractivity contribution is 6.32. The van der Waals surface area contributed by atoms with Crippen LogP contribution in [0.15, 0.2) is 6.07 Å². The van der Waals surface area contributed by atoms with Crippen LogP contribution >= 0.6 is 11.6 Å². The molecule has 0 saturated carbocycles. The molecule has 1 aromatic rings. The Morgan fingerprint density at radius 1 is 1.28 bits per heavy atom. The molecule has 4 nitrogen and oxygen atoms in total. The number of anilines is 1. The van der Waals surface area contributed by atoms with Gasteiger partial charge in [-0.05, 0) is 32.0 Å². The summed E-state index contributed by atoms with van der Waals surface area (Å²) in [6.45, 7) is 1.73. The van der Waals surface area contributed by atoms with Crippen LogP contribution in [0.4, 0.5) is 19.0 Å². The fraction of sp³-hybridized carbons (Fsp3) is 0.600. The van der Waals surface area contributed by atoms with Crippen LogP contribution in [0.2, 0.25) is 5.02 Å². The fourth-order valence-corrected chi connectivity index (χ4v) is 1.96. The molecule has 8 heteroatoms. The summed E-state index contributed by atoms with van der Waals surface area (Å²) >= 11 is 5.77. The molecule has 0 unspecified atom stereocenters. The summed E-state index contributed by atoms with van der Waals surface area (Å²) < 4.78 is 37.1. The van der Waals surface area contributed by atoms with E-state index < -0.39 is 11.9 Å². The van der Waals surface area contributed by atoms with E-state index in [1.807, 2.05) is 0 Å². The predicted octanol–water partition coefficient (Wildman–Crippen LogP) is 2.31. The molecule has 0 atom stereocenters. The van der Waals surface area contributed by atoms with Gasteiger partial charge in [-0.25, -0.2) is 0 Å². The van der Waals surface area contributed by atoms with E-state index >= 15 is 0 Å². The molecule has 0 bridgehead atoms. The minimum atomic E-state index is -4.52. The van der Waals surface area contributed by atoms with Crippen molar-refractivity contribution in [3.8, 4) is 0 Å². The van der Waals surface area contributed by atoms with E-state index in [1.165, 1.54) is 0 Å². The Kier molecular flexibility index (Phi) is 3.91. The monoisotopic (exact) mass is 280 g/mol. The lowest BCUT2D eigenvalue weighted by molar-refractivity contribution is -0.141. The lowest BCUT2D eigenvalue weighted by Gasteiger charge is -2.24. The van der Waals surface area contributed by atoms with Gasteiger partial charge in [0.25, 0.3) is 0 Å². The number of nitrogens with zero attached hydrogens (tertiary/aromatic N) is 2. The summed E-state index contributed by atoms with van der Waals surface area (Å²) in [7, 11) is 0. The quantitative estimate of drug-likeness (QED) is 0.873. The number of piperidine rings is 1. The van der Waals surface area contributed by atoms with Crippen LogP contribution < -0.4 is 10.6 Å². The van der Waals surface area contributed by atoms with E-state index in [1.54, 1.807) is 0 Å². The van der Waals surface area contributed by atoms with Crippen molar-refractivity contribution in [1.29, 1.82) is 0 Å². The fourth-order valence-electron chi connectivity index (χ4n) is 1.76. The molecule has 0 amide bonds. The molecule has 100 valence electrons. The van der Waals surface area contributed by atoms with Gasteiger partial charge in [-0.2, -0.15) is 13.2 Å². The van der Waals surface area contributed by atoms with Gasteiger partial charge >= 0.3 is 6.18 Å². The standard InChI is InChI=1S/C10H12ClF3N4/c11-7-5-8(10(12,13)14)17-18-9(7)16-6-1-3-15-4-2-6/h5-6,15H,1-4H2,(H,16,18). The highest BCUT2D eigenvalue weighted by Gasteiger charge is 2.34. The summed E-state index contributed by atoms with van der Waals surface area (Å²) in [5, 5.41) is 12.8. The van der Waals surface area contributed by atoms with E-state index in [0.29, 0.717) is 0 Å². The Bertz CT molecular complexity index is 418. The smallest absolute Gasteiger partial charge is 0.365 e. The molecule has 2 rings (SSSR count). The zero-order valence-corrected chi connectivity index (χ0v) is 10.1. The number of alkyl halides is 3. The second-order valence-electron chi connectivity index (χ2n) is 4.09. The van der Waals surface area contributed by atoms with Crippen molar-refractivity contribution in [2.75, 3.05) is 18.4 Å². The van der Waals surface area contributed by atoms with E-state index in [2.05, 4.69) is 20.8 Å². The summed E-state index contributed by atoms with van der Waals surface area (Å²) in [5.41, 5.74) is -1.08. The van der Waals surface area contributed by atoms with Gasteiger partial charge in [-0.1, -0.05) is 11.6 Å². The van der Waals surface area contributed by atoms with Gasteiger partial charge in [0.15, 0.2) is 11.5 Å². The average molecular weight is 281 g/mol. The maximum absolute atomic E-state index is 12.4. The maximum Gasteiger partial charge on any atom is 0.435 e. The molecule has 0 spiro atoms. The largest absolute Gasteiger partial charge is 0.435 e. The van der Waals surface area contributed by atoms with E-state index in [0.717, 1.165) is 32.0 Å². The van der Waals surface area contributed by atoms with Crippen molar-refractivity contribution in [2.45, 2.75) is 25.1 Å². The predicted molar refractivity (Wildman–Crippen MR) is 61.6 cm³/mol. The molecule has 0 aromatic carbocycles. The van der Waals surface area contributed by atoms with Gasteiger partial charge in [0.05, 0.1) is 5.02 Å². The third-order valence-electron chi connectivity index (χ3n) is 2.72. The van der Waals surface area contributed by atoms with Crippen LogP contribution in [0.1, 0.15) is 18.5 Å². The molecule has 0 aliphatic carbocycles. The first-order chi connectivity index (χ1) is 8.47. The molecule has 1 fully saturated rings. The van der Waals surface area contributed by atoms with Crippen LogP contribution in [0, 0.1) is 0 Å². The zero-order valence-electron chi connectivity index (χ0n) is 9.39. The van der Waals surface area contributed by atoms with Crippen molar-refractivity contribution in [3.63, 3.8) is 0 Å². The Morgan fingerprint density at radius 2 is 1.94 bits per heavy atom. The summed E-state index contributed by atoms with van der Waals surface area (Å²) in [6, 6.07) is 0.951. The zero-order chi connectivity index (χ0) is 13.2. The molecule has 1 aromatic heterocycles. The SMILES string of the molecule is FC(F)(F)c1cc(Cl)c(NC2CCNCC2)nn1. The number of hydrogen-bond donors (Lipinski definition) is 2. The topological polar surface area (TPSA) is 49.8 Å². The maximum atomic E-state index is 12.4. The van der Waals surface area contributed by atoms with E-state index in [9.17, 15) is 13.2 Å². The molecule has 1 aliphatic rings. The van der Waals surface area contributed by atoms with Gasteiger partial charge in [-0.3, -0.25) is 0 Å². The van der Waals surface area contributed by atoms with Crippen molar-refractivity contribution in [3.05, 3.63) is 16.8 Å². The van der Waals surface area contributed by atoms with Gasteiger partial charge in [0, 0.05) is 6.04 Å². The first kappa shape index (κ1) is 13.4. The number of rotatable bonds is 2. The third kappa shape index (κ3) is 3.23. The molecule has 2 N–H and O–H groups in total. The van der Waals surface area contributed by atoms with Crippen LogP contribution in [-0.2, 0) is 6.18 Å².